The summed E-state index contributed by atoms with van der Waals surface area (Å²) in [6.07, 6.45) is 4.88. The minimum absolute atomic E-state index is 0.177. The normalized spacial score (nSPS) is 27.6. The molecular weight excluding hydrogens is 290 g/mol. The van der Waals surface area contributed by atoms with Crippen molar-refractivity contribution in [1.29, 1.82) is 0 Å². The van der Waals surface area contributed by atoms with Crippen LogP contribution in [-0.4, -0.2) is 32.3 Å². The number of hydrogen-bond donors (Lipinski definition) is 0. The molecular formula is C19H27NO3. The van der Waals surface area contributed by atoms with Gasteiger partial charge >= 0.3 is 5.97 Å². The summed E-state index contributed by atoms with van der Waals surface area (Å²) in [6.45, 7) is 5.51. The molecule has 1 aromatic rings. The van der Waals surface area contributed by atoms with Gasteiger partial charge in [-0.05, 0) is 56.2 Å². The second-order valence-corrected chi connectivity index (χ2v) is 7.07. The van der Waals surface area contributed by atoms with Crippen LogP contribution < -0.4 is 9.64 Å². The summed E-state index contributed by atoms with van der Waals surface area (Å²) in [5.74, 6) is 1.29. The van der Waals surface area contributed by atoms with Gasteiger partial charge in [-0.15, -0.1) is 0 Å². The average Bonchev–Trinajstić information content (AvgIpc) is 2.74. The van der Waals surface area contributed by atoms with Crippen molar-refractivity contribution in [3.63, 3.8) is 0 Å². The number of ether oxygens (including phenoxy) is 2. The molecule has 1 heterocycles. The molecule has 0 amide bonds. The number of aryl methyl sites for hydroxylation is 1. The Labute approximate surface area is 138 Å². The third kappa shape index (κ3) is 3.46. The summed E-state index contributed by atoms with van der Waals surface area (Å²) in [7, 11) is 1.46. The molecule has 4 heteroatoms. The largest absolute Gasteiger partial charge is 0.490 e. The second-order valence-electron chi connectivity index (χ2n) is 7.07. The fourth-order valence-corrected chi connectivity index (χ4v) is 3.76. The van der Waals surface area contributed by atoms with Crippen LogP contribution in [0.2, 0.25) is 0 Å². The number of benzene rings is 1. The van der Waals surface area contributed by atoms with Crippen LogP contribution >= 0.6 is 0 Å². The van der Waals surface area contributed by atoms with Crippen LogP contribution in [0.1, 0.15) is 38.2 Å². The van der Waals surface area contributed by atoms with Crippen molar-refractivity contribution < 1.29 is 14.3 Å². The van der Waals surface area contributed by atoms with Gasteiger partial charge in [0.15, 0.2) is 0 Å². The first-order valence-electron chi connectivity index (χ1n) is 8.66. The van der Waals surface area contributed by atoms with Crippen molar-refractivity contribution in [2.45, 2.75) is 45.6 Å². The molecule has 126 valence electrons. The van der Waals surface area contributed by atoms with Gasteiger partial charge in [-0.2, -0.15) is 0 Å². The predicted octanol–water partition coefficient (Wildman–Crippen LogP) is 3.56. The summed E-state index contributed by atoms with van der Waals surface area (Å²) in [6, 6.07) is 6.77. The number of hydrogen-bond acceptors (Lipinski definition) is 4. The maximum atomic E-state index is 12.1. The number of esters is 1. The number of rotatable bonds is 2. The average molecular weight is 317 g/mol. The molecule has 2 aliphatic rings. The van der Waals surface area contributed by atoms with Gasteiger partial charge in [0.25, 0.3) is 0 Å². The van der Waals surface area contributed by atoms with Gasteiger partial charge in [0.05, 0.1) is 12.8 Å². The van der Waals surface area contributed by atoms with Crippen molar-refractivity contribution in [1.82, 2.24) is 0 Å². The first-order valence-corrected chi connectivity index (χ1v) is 8.66. The third-order valence-electron chi connectivity index (χ3n) is 5.24. The Bertz CT molecular complexity index is 564. The van der Waals surface area contributed by atoms with Crippen LogP contribution in [0.5, 0.6) is 5.75 Å². The monoisotopic (exact) mass is 317 g/mol. The summed E-state index contributed by atoms with van der Waals surface area (Å²) in [5.41, 5.74) is 2.36. The van der Waals surface area contributed by atoms with Crippen molar-refractivity contribution in [2.24, 2.45) is 11.8 Å². The summed E-state index contributed by atoms with van der Waals surface area (Å²) in [5, 5.41) is 0. The highest BCUT2D eigenvalue weighted by atomic mass is 16.5. The van der Waals surface area contributed by atoms with Crippen LogP contribution in [0.4, 0.5) is 5.69 Å². The number of fused-ring (bicyclic) bond motifs is 1. The maximum Gasteiger partial charge on any atom is 0.313 e. The zero-order chi connectivity index (χ0) is 16.4. The lowest BCUT2D eigenvalue weighted by molar-refractivity contribution is -0.146. The van der Waals surface area contributed by atoms with E-state index in [-0.39, 0.29) is 11.9 Å². The highest BCUT2D eigenvalue weighted by Crippen LogP contribution is 2.38. The molecule has 1 aliphatic heterocycles. The van der Waals surface area contributed by atoms with Crippen molar-refractivity contribution in [2.75, 3.05) is 25.2 Å². The predicted molar refractivity (Wildman–Crippen MR) is 90.9 cm³/mol. The zero-order valence-corrected chi connectivity index (χ0v) is 14.4. The van der Waals surface area contributed by atoms with E-state index in [9.17, 15) is 4.79 Å². The minimum Gasteiger partial charge on any atom is -0.490 e. The molecule has 1 aliphatic carbocycles. The molecule has 1 atom stereocenters. The second kappa shape index (κ2) is 6.81. The molecule has 0 spiro atoms. The molecule has 1 fully saturated rings. The highest BCUT2D eigenvalue weighted by Gasteiger charge is 2.33. The van der Waals surface area contributed by atoms with E-state index in [1.807, 2.05) is 6.07 Å². The fourth-order valence-electron chi connectivity index (χ4n) is 3.76. The minimum atomic E-state index is -0.230. The van der Waals surface area contributed by atoms with E-state index in [1.165, 1.54) is 38.4 Å². The summed E-state index contributed by atoms with van der Waals surface area (Å²) in [4.78, 5) is 14.5. The number of nitrogens with zero attached hydrogens (tertiary/aromatic N) is 1. The Morgan fingerprint density at radius 2 is 2.00 bits per heavy atom. The van der Waals surface area contributed by atoms with Gasteiger partial charge in [0.1, 0.15) is 18.3 Å². The zero-order valence-electron chi connectivity index (χ0n) is 14.4. The lowest BCUT2D eigenvalue weighted by Gasteiger charge is -2.38. The van der Waals surface area contributed by atoms with E-state index < -0.39 is 0 Å². The Kier molecular flexibility index (Phi) is 4.79. The molecule has 1 unspecified atom stereocenters. The van der Waals surface area contributed by atoms with Crippen molar-refractivity contribution in [3.05, 3.63) is 23.8 Å². The molecule has 23 heavy (non-hydrogen) atoms. The maximum absolute atomic E-state index is 12.1. The molecule has 1 aromatic carbocycles. The van der Waals surface area contributed by atoms with E-state index in [0.29, 0.717) is 19.2 Å². The molecule has 1 saturated carbocycles. The summed E-state index contributed by atoms with van der Waals surface area (Å²) >= 11 is 0. The van der Waals surface area contributed by atoms with Gasteiger partial charge < -0.3 is 14.4 Å². The first-order chi connectivity index (χ1) is 11.1. The lowest BCUT2D eigenvalue weighted by Crippen LogP contribution is -2.43. The third-order valence-corrected chi connectivity index (χ3v) is 5.24. The smallest absolute Gasteiger partial charge is 0.313 e. The van der Waals surface area contributed by atoms with Gasteiger partial charge in [-0.25, -0.2) is 0 Å². The van der Waals surface area contributed by atoms with E-state index in [1.54, 1.807) is 0 Å². The molecule has 0 aromatic heterocycles. The molecule has 0 N–H and O–H groups in total. The van der Waals surface area contributed by atoms with Crippen molar-refractivity contribution in [3.8, 4) is 5.75 Å². The molecule has 0 bridgehead atoms. The van der Waals surface area contributed by atoms with E-state index >= 15 is 0 Å². The van der Waals surface area contributed by atoms with Crippen LogP contribution in [0, 0.1) is 18.8 Å². The molecule has 4 nitrogen and oxygen atoms in total. The Balaban J connectivity index is 1.91. The van der Waals surface area contributed by atoms with Crippen LogP contribution in [-0.2, 0) is 9.53 Å². The van der Waals surface area contributed by atoms with E-state index in [4.69, 9.17) is 9.47 Å². The van der Waals surface area contributed by atoms with E-state index in [0.717, 1.165) is 17.4 Å². The standard InChI is InChI=1S/C19H27NO3/c1-13-4-7-16(8-5-13)20-11-15(19(21)22-3)12-23-18-9-6-14(2)10-17(18)20/h6,9-10,13,15-16H,4-5,7-8,11-12H2,1-3H3. The first kappa shape index (κ1) is 16.2. The Hall–Kier alpha value is -1.71. The van der Waals surface area contributed by atoms with Crippen molar-refractivity contribution >= 4 is 11.7 Å². The van der Waals surface area contributed by atoms with Gasteiger partial charge in [-0.3, -0.25) is 4.79 Å². The quantitative estimate of drug-likeness (QED) is 0.782. The number of methoxy groups -OCH3 is 1. The number of carbonyl (C=O) groups excluding carboxylic acids is 1. The topological polar surface area (TPSA) is 38.8 Å². The SMILES string of the molecule is COC(=O)C1COc2ccc(C)cc2N(C2CCC(C)CC2)C1. The Morgan fingerprint density at radius 3 is 2.70 bits per heavy atom. The van der Waals surface area contributed by atoms with E-state index in [2.05, 4.69) is 30.9 Å². The fraction of sp³-hybridized carbons (Fsp3) is 0.632. The molecule has 0 saturated heterocycles. The van der Waals surface area contributed by atoms with Gasteiger partial charge in [0, 0.05) is 12.6 Å². The van der Waals surface area contributed by atoms with Gasteiger partial charge in [-0.1, -0.05) is 13.0 Å². The van der Waals surface area contributed by atoms with Gasteiger partial charge in [0.2, 0.25) is 0 Å². The number of carbonyl (C=O) groups is 1. The Morgan fingerprint density at radius 1 is 1.26 bits per heavy atom. The van der Waals surface area contributed by atoms with Crippen LogP contribution in [0.25, 0.3) is 0 Å². The van der Waals surface area contributed by atoms with Crippen LogP contribution in [0.3, 0.4) is 0 Å². The number of anilines is 1. The molecule has 0 radical (unpaired) electrons. The lowest BCUT2D eigenvalue weighted by atomic mass is 9.86. The summed E-state index contributed by atoms with van der Waals surface area (Å²) < 4.78 is 10.9. The molecule has 3 rings (SSSR count). The van der Waals surface area contributed by atoms with Crippen LogP contribution in [0.15, 0.2) is 18.2 Å². The highest BCUT2D eigenvalue weighted by molar-refractivity contribution is 5.74.